The molecule has 2 aromatic heterocycles. The summed E-state index contributed by atoms with van der Waals surface area (Å²) in [4.78, 5) is 13.7. The fraction of sp³-hybridized carbons (Fsp3) is 0.364. The Hall–Kier alpha value is -2.63. The lowest BCUT2D eigenvalue weighted by atomic mass is 10.1. The van der Waals surface area contributed by atoms with Crippen LogP contribution in [0.3, 0.4) is 0 Å². The molecule has 3 aromatic rings. The Kier molecular flexibility index (Phi) is 6.21. The van der Waals surface area contributed by atoms with Crippen molar-refractivity contribution in [2.75, 3.05) is 11.1 Å². The van der Waals surface area contributed by atoms with Gasteiger partial charge in [0.25, 0.3) is 0 Å². The number of carbonyl (C=O) groups excluding carboxylic acids is 1. The molecule has 154 valence electrons. The van der Waals surface area contributed by atoms with Crippen molar-refractivity contribution < 1.29 is 4.79 Å². The molecule has 1 amide bonds. The minimum atomic E-state index is -0.0691. The SMILES string of the molecule is CCn1c(SCCC(=O)Nc2sc3c(c2C#N)CCC3)nnc1-c1cccc(C)c1. The van der Waals surface area contributed by atoms with Gasteiger partial charge >= 0.3 is 0 Å². The first kappa shape index (κ1) is 20.6. The quantitative estimate of drug-likeness (QED) is 0.536. The van der Waals surface area contributed by atoms with Crippen LogP contribution in [0.2, 0.25) is 0 Å². The zero-order valence-corrected chi connectivity index (χ0v) is 18.7. The van der Waals surface area contributed by atoms with Gasteiger partial charge in [0.2, 0.25) is 5.91 Å². The van der Waals surface area contributed by atoms with E-state index in [0.717, 1.165) is 47.9 Å². The van der Waals surface area contributed by atoms with Gasteiger partial charge in [-0.25, -0.2) is 0 Å². The average molecular weight is 438 g/mol. The van der Waals surface area contributed by atoms with Crippen LogP contribution in [-0.2, 0) is 24.2 Å². The molecule has 0 atom stereocenters. The molecule has 1 aromatic carbocycles. The summed E-state index contributed by atoms with van der Waals surface area (Å²) in [6.45, 7) is 4.89. The molecule has 0 fully saturated rings. The molecule has 1 aliphatic rings. The Morgan fingerprint density at radius 1 is 1.37 bits per heavy atom. The Morgan fingerprint density at radius 2 is 2.23 bits per heavy atom. The summed E-state index contributed by atoms with van der Waals surface area (Å²) in [5, 5.41) is 22.6. The Morgan fingerprint density at radius 3 is 3.00 bits per heavy atom. The van der Waals surface area contributed by atoms with Crippen LogP contribution in [0.1, 0.15) is 41.3 Å². The lowest BCUT2D eigenvalue weighted by Crippen LogP contribution is -2.12. The van der Waals surface area contributed by atoms with Crippen molar-refractivity contribution in [1.82, 2.24) is 14.8 Å². The molecule has 0 radical (unpaired) electrons. The smallest absolute Gasteiger partial charge is 0.225 e. The van der Waals surface area contributed by atoms with Crippen LogP contribution in [-0.4, -0.2) is 26.4 Å². The van der Waals surface area contributed by atoms with Crippen molar-refractivity contribution in [3.8, 4) is 17.5 Å². The maximum Gasteiger partial charge on any atom is 0.225 e. The number of hydrogen-bond acceptors (Lipinski definition) is 6. The predicted octanol–water partition coefficient (Wildman–Crippen LogP) is 4.82. The summed E-state index contributed by atoms with van der Waals surface area (Å²) < 4.78 is 2.08. The minimum Gasteiger partial charge on any atom is -0.317 e. The molecular formula is C22H23N5OS2. The van der Waals surface area contributed by atoms with Crippen molar-refractivity contribution in [3.63, 3.8) is 0 Å². The van der Waals surface area contributed by atoms with E-state index >= 15 is 0 Å². The number of rotatable bonds is 7. The van der Waals surface area contributed by atoms with Gasteiger partial charge in [0.1, 0.15) is 11.1 Å². The Balaban J connectivity index is 1.38. The number of hydrogen-bond donors (Lipinski definition) is 1. The highest BCUT2D eigenvalue weighted by Crippen LogP contribution is 2.38. The van der Waals surface area contributed by atoms with E-state index in [1.807, 2.05) is 12.1 Å². The first-order chi connectivity index (χ1) is 14.6. The first-order valence-electron chi connectivity index (χ1n) is 10.1. The van der Waals surface area contributed by atoms with Crippen LogP contribution in [0.5, 0.6) is 0 Å². The molecule has 0 saturated carbocycles. The zero-order chi connectivity index (χ0) is 21.1. The highest BCUT2D eigenvalue weighted by atomic mass is 32.2. The minimum absolute atomic E-state index is 0.0691. The first-order valence-corrected chi connectivity index (χ1v) is 11.9. The van der Waals surface area contributed by atoms with E-state index in [0.29, 0.717) is 22.7 Å². The van der Waals surface area contributed by atoms with E-state index < -0.39 is 0 Å². The lowest BCUT2D eigenvalue weighted by molar-refractivity contribution is -0.115. The third-order valence-corrected chi connectivity index (χ3v) is 7.33. The van der Waals surface area contributed by atoms with Gasteiger partial charge in [0, 0.05) is 29.2 Å². The number of fused-ring (bicyclic) bond motifs is 1. The largest absolute Gasteiger partial charge is 0.317 e. The van der Waals surface area contributed by atoms with Crippen LogP contribution in [0.15, 0.2) is 29.4 Å². The maximum absolute atomic E-state index is 12.4. The molecule has 0 bridgehead atoms. The van der Waals surface area contributed by atoms with E-state index in [9.17, 15) is 10.1 Å². The third-order valence-electron chi connectivity index (χ3n) is 5.16. The summed E-state index contributed by atoms with van der Waals surface area (Å²) in [6.07, 6.45) is 3.41. The zero-order valence-electron chi connectivity index (χ0n) is 17.1. The number of aromatic nitrogens is 3. The number of thiophene rings is 1. The fourth-order valence-electron chi connectivity index (χ4n) is 3.71. The van der Waals surface area contributed by atoms with Crippen LogP contribution < -0.4 is 5.32 Å². The van der Waals surface area contributed by atoms with Crippen LogP contribution >= 0.6 is 23.1 Å². The van der Waals surface area contributed by atoms with Crippen LogP contribution in [0.25, 0.3) is 11.4 Å². The van der Waals surface area contributed by atoms with Crippen LogP contribution in [0.4, 0.5) is 5.00 Å². The monoisotopic (exact) mass is 437 g/mol. The van der Waals surface area contributed by atoms with Crippen molar-refractivity contribution in [1.29, 1.82) is 5.26 Å². The normalized spacial score (nSPS) is 12.6. The second-order valence-electron chi connectivity index (χ2n) is 7.24. The Bertz CT molecular complexity index is 1130. The van der Waals surface area contributed by atoms with E-state index in [2.05, 4.69) is 52.1 Å². The van der Waals surface area contributed by atoms with Gasteiger partial charge in [-0.15, -0.1) is 21.5 Å². The number of nitriles is 1. The van der Waals surface area contributed by atoms with Gasteiger partial charge in [0.15, 0.2) is 11.0 Å². The number of nitrogens with zero attached hydrogens (tertiary/aromatic N) is 4. The van der Waals surface area contributed by atoms with E-state index in [1.54, 1.807) is 11.3 Å². The topological polar surface area (TPSA) is 83.6 Å². The number of amides is 1. The molecule has 0 aliphatic heterocycles. The van der Waals surface area contributed by atoms with Crippen molar-refractivity contribution >= 4 is 34.0 Å². The maximum atomic E-state index is 12.4. The van der Waals surface area contributed by atoms with E-state index in [4.69, 9.17) is 0 Å². The fourth-order valence-corrected chi connectivity index (χ4v) is 5.91. The molecule has 30 heavy (non-hydrogen) atoms. The molecule has 2 heterocycles. The Labute approximate surface area is 184 Å². The van der Waals surface area contributed by atoms with Gasteiger partial charge in [-0.1, -0.05) is 35.5 Å². The standard InChI is InChI=1S/C22H23N5OS2/c1-3-27-20(15-7-4-6-14(2)12-15)25-26-22(27)29-11-10-19(28)24-21-17(13-23)16-8-5-9-18(16)30-21/h4,6-7,12H,3,5,8-11H2,1-2H3,(H,24,28). The number of aryl methyl sites for hydroxylation is 2. The number of thioether (sulfide) groups is 1. The molecule has 0 spiro atoms. The molecule has 1 aliphatic carbocycles. The van der Waals surface area contributed by atoms with Gasteiger partial charge in [-0.2, -0.15) is 5.26 Å². The third kappa shape index (κ3) is 4.13. The number of anilines is 1. The molecular weight excluding hydrogens is 414 g/mol. The van der Waals surface area contributed by atoms with Gasteiger partial charge in [-0.3, -0.25) is 4.79 Å². The number of nitrogens with one attached hydrogen (secondary N) is 1. The summed E-state index contributed by atoms with van der Waals surface area (Å²) in [5.41, 5.74) is 4.01. The van der Waals surface area contributed by atoms with Crippen molar-refractivity contribution in [2.24, 2.45) is 0 Å². The highest BCUT2D eigenvalue weighted by Gasteiger charge is 2.23. The van der Waals surface area contributed by atoms with Gasteiger partial charge in [0.05, 0.1) is 5.56 Å². The summed E-state index contributed by atoms with van der Waals surface area (Å²) in [7, 11) is 0. The average Bonchev–Trinajstić information content (AvgIpc) is 3.42. The van der Waals surface area contributed by atoms with Gasteiger partial charge < -0.3 is 9.88 Å². The second kappa shape index (κ2) is 9.02. The lowest BCUT2D eigenvalue weighted by Gasteiger charge is -2.08. The number of carbonyl (C=O) groups is 1. The molecule has 0 unspecified atom stereocenters. The van der Waals surface area contributed by atoms with E-state index in [-0.39, 0.29) is 5.91 Å². The summed E-state index contributed by atoms with van der Waals surface area (Å²) in [6, 6.07) is 10.5. The van der Waals surface area contributed by atoms with E-state index in [1.165, 1.54) is 22.2 Å². The molecule has 4 rings (SSSR count). The van der Waals surface area contributed by atoms with Crippen molar-refractivity contribution in [2.45, 2.75) is 51.2 Å². The van der Waals surface area contributed by atoms with Crippen molar-refractivity contribution in [3.05, 3.63) is 45.8 Å². The molecule has 1 N–H and O–H groups in total. The molecule has 0 saturated heterocycles. The summed E-state index contributed by atoms with van der Waals surface area (Å²) >= 11 is 3.08. The van der Waals surface area contributed by atoms with Crippen LogP contribution in [0, 0.1) is 18.3 Å². The second-order valence-corrected chi connectivity index (χ2v) is 9.41. The molecule has 6 nitrogen and oxygen atoms in total. The summed E-state index contributed by atoms with van der Waals surface area (Å²) in [5.74, 6) is 1.38. The number of benzene rings is 1. The van der Waals surface area contributed by atoms with Gasteiger partial charge in [-0.05, 0) is 44.7 Å². The predicted molar refractivity (Wildman–Crippen MR) is 121 cm³/mol. The molecule has 8 heteroatoms. The highest BCUT2D eigenvalue weighted by molar-refractivity contribution is 7.99.